The van der Waals surface area contributed by atoms with Gasteiger partial charge >= 0.3 is 12.1 Å². The summed E-state index contributed by atoms with van der Waals surface area (Å²) in [6.07, 6.45) is 6.70. The molecule has 0 bridgehead atoms. The third kappa shape index (κ3) is 8.83. The molecule has 5 N–H and O–H groups in total. The first-order valence-corrected chi connectivity index (χ1v) is 11.9. The van der Waals surface area contributed by atoms with Gasteiger partial charge in [-0.1, -0.05) is 35.3 Å². The maximum absolute atomic E-state index is 12.1. The molecular weight excluding hydrogens is 472 g/mol. The van der Waals surface area contributed by atoms with Crippen LogP contribution in [-0.2, 0) is 24.3 Å². The van der Waals surface area contributed by atoms with Crippen molar-refractivity contribution in [3.8, 4) is 0 Å². The van der Waals surface area contributed by atoms with E-state index in [-0.39, 0.29) is 13.0 Å². The maximum atomic E-state index is 12.1. The van der Waals surface area contributed by atoms with Crippen LogP contribution in [-0.4, -0.2) is 46.3 Å². The van der Waals surface area contributed by atoms with Gasteiger partial charge in [0.25, 0.3) is 0 Å². The number of ether oxygens (including phenoxy) is 1. The average molecular weight is 502 g/mol. The standard InChI is InChI=1S/C23H29N6O5S/c1-4-6-7-15(3)18-14-26-22(28-20(18)25-13-12-19(24)21(30)31)27-16-8-10-17(11-9-16)35(33)29-23(32)34-5-2/h4,6-11,14,19H,5,12-13,24H2,1-3H3,(H,30,31)(H2,25,26,27,28)/q-1/b6-4-,15-7+/t19-/m0/s1. The van der Waals surface area contributed by atoms with E-state index in [4.69, 9.17) is 10.8 Å². The first-order valence-electron chi connectivity index (χ1n) is 10.8. The molecule has 0 saturated heterocycles. The minimum Gasteiger partial charge on any atom is -0.480 e. The topological polar surface area (TPSA) is 169 Å². The van der Waals surface area contributed by atoms with Crippen LogP contribution in [0.3, 0.4) is 0 Å². The predicted molar refractivity (Wildman–Crippen MR) is 135 cm³/mol. The second kappa shape index (κ2) is 13.8. The number of amides is 1. The van der Waals surface area contributed by atoms with Gasteiger partial charge in [0.2, 0.25) is 5.95 Å². The first kappa shape index (κ1) is 27.5. The Morgan fingerprint density at radius 1 is 1.31 bits per heavy atom. The molecule has 0 aliphatic carbocycles. The van der Waals surface area contributed by atoms with Crippen LogP contribution in [0.4, 0.5) is 22.2 Å². The smallest absolute Gasteiger partial charge is 0.410 e. The number of aromatic nitrogens is 2. The van der Waals surface area contributed by atoms with Crippen molar-refractivity contribution < 1.29 is 23.6 Å². The quantitative estimate of drug-likeness (QED) is 0.260. The van der Waals surface area contributed by atoms with Gasteiger partial charge in [-0.15, -0.1) is 10.6 Å². The van der Waals surface area contributed by atoms with Gasteiger partial charge in [0.15, 0.2) is 0 Å². The lowest BCUT2D eigenvalue weighted by atomic mass is 10.1. The van der Waals surface area contributed by atoms with Gasteiger partial charge in [0.1, 0.15) is 11.9 Å². The van der Waals surface area contributed by atoms with Crippen molar-refractivity contribution in [3.63, 3.8) is 0 Å². The molecule has 1 heterocycles. The molecule has 12 heteroatoms. The number of nitrogens with one attached hydrogen (secondary N) is 2. The number of anilines is 3. The fourth-order valence-corrected chi connectivity index (χ4v) is 3.38. The molecule has 35 heavy (non-hydrogen) atoms. The van der Waals surface area contributed by atoms with E-state index in [0.29, 0.717) is 28.9 Å². The highest BCUT2D eigenvalue weighted by Crippen LogP contribution is 2.24. The number of rotatable bonds is 11. The van der Waals surface area contributed by atoms with E-state index in [2.05, 4.69) is 29.7 Å². The zero-order valence-electron chi connectivity index (χ0n) is 19.7. The molecule has 2 rings (SSSR count). The zero-order chi connectivity index (χ0) is 25.8. The van der Waals surface area contributed by atoms with Crippen molar-refractivity contribution in [2.24, 2.45) is 10.1 Å². The molecule has 0 saturated carbocycles. The van der Waals surface area contributed by atoms with E-state index in [1.54, 1.807) is 37.4 Å². The van der Waals surface area contributed by atoms with Gasteiger partial charge in [-0.05, 0) is 44.9 Å². The molecule has 0 spiro atoms. The van der Waals surface area contributed by atoms with Gasteiger partial charge in [-0.25, -0.2) is 9.78 Å². The molecule has 1 atom stereocenters. The average Bonchev–Trinajstić information content (AvgIpc) is 2.83. The number of aliphatic carboxylic acids is 1. The van der Waals surface area contributed by atoms with Crippen molar-refractivity contribution in [2.45, 2.75) is 38.1 Å². The van der Waals surface area contributed by atoms with Crippen LogP contribution in [0.1, 0.15) is 32.8 Å². The number of hydrogen-bond acceptors (Lipinski definition) is 10. The summed E-state index contributed by atoms with van der Waals surface area (Å²) in [5.41, 5.74) is 7.88. The Balaban J connectivity index is 2.23. The zero-order valence-corrected chi connectivity index (χ0v) is 20.5. The van der Waals surface area contributed by atoms with Crippen molar-refractivity contribution in [2.75, 3.05) is 23.8 Å². The molecule has 0 aliphatic heterocycles. The van der Waals surface area contributed by atoms with Crippen molar-refractivity contribution in [1.82, 2.24) is 9.97 Å². The van der Waals surface area contributed by atoms with Crippen LogP contribution in [0.2, 0.25) is 0 Å². The number of carbonyl (C=O) groups is 2. The lowest BCUT2D eigenvalue weighted by Gasteiger charge is -2.14. The summed E-state index contributed by atoms with van der Waals surface area (Å²) in [7, 11) is -1.88. The first-order chi connectivity index (χ1) is 16.7. The number of carboxylic acid groups (broad SMARTS) is 1. The molecular formula is C23H29N6O5S-. The van der Waals surface area contributed by atoms with Gasteiger partial charge in [0.05, 0.1) is 6.61 Å². The number of nitrogens with zero attached hydrogens (tertiary/aromatic N) is 3. The minimum atomic E-state index is -1.88. The summed E-state index contributed by atoms with van der Waals surface area (Å²) in [6, 6.07) is 5.45. The van der Waals surface area contributed by atoms with E-state index in [1.807, 2.05) is 32.1 Å². The van der Waals surface area contributed by atoms with Gasteiger partial charge in [0, 0.05) is 24.0 Å². The Bertz CT molecular complexity index is 1170. The maximum Gasteiger partial charge on any atom is 0.410 e. The van der Waals surface area contributed by atoms with E-state index in [9.17, 15) is 13.8 Å². The van der Waals surface area contributed by atoms with Crippen LogP contribution < -0.4 is 16.4 Å². The Labute approximate surface area is 205 Å². The summed E-state index contributed by atoms with van der Waals surface area (Å²) in [5.74, 6) is -0.257. The number of nitrogens with two attached hydrogens (primary N) is 1. The number of allylic oxidation sites excluding steroid dienone is 4. The summed E-state index contributed by atoms with van der Waals surface area (Å²) in [5, 5.41) is 15.2. The molecule has 0 unspecified atom stereocenters. The lowest BCUT2D eigenvalue weighted by molar-refractivity contribution is -0.138. The Kier molecular flexibility index (Phi) is 10.8. The minimum absolute atomic E-state index is 0.148. The number of carbonyl (C=O) groups excluding carboxylic acids is 1. The Morgan fingerprint density at radius 3 is 2.66 bits per heavy atom. The molecule has 0 fully saturated rings. The molecule has 1 aromatic heterocycles. The second-order valence-corrected chi connectivity index (χ2v) is 8.33. The predicted octanol–water partition coefficient (Wildman–Crippen LogP) is 4.08. The molecule has 1 aromatic carbocycles. The highest BCUT2D eigenvalue weighted by Gasteiger charge is 2.13. The van der Waals surface area contributed by atoms with Crippen LogP contribution in [0.25, 0.3) is 5.57 Å². The van der Waals surface area contributed by atoms with E-state index >= 15 is 0 Å². The highest BCUT2D eigenvalue weighted by molar-refractivity contribution is 7.75. The molecule has 2 aromatic rings. The fourth-order valence-electron chi connectivity index (χ4n) is 2.72. The Morgan fingerprint density at radius 2 is 2.03 bits per heavy atom. The van der Waals surface area contributed by atoms with Gasteiger partial charge in [-0.3, -0.25) is 9.16 Å². The highest BCUT2D eigenvalue weighted by atomic mass is 32.2. The van der Waals surface area contributed by atoms with Crippen molar-refractivity contribution >= 4 is 45.7 Å². The van der Waals surface area contributed by atoms with Crippen molar-refractivity contribution in [3.05, 3.63) is 54.3 Å². The summed E-state index contributed by atoms with van der Waals surface area (Å²) >= 11 is 0. The van der Waals surface area contributed by atoms with Crippen LogP contribution in [0, 0.1) is 0 Å². The third-order valence-corrected chi connectivity index (χ3v) is 5.54. The van der Waals surface area contributed by atoms with Crippen LogP contribution in [0.15, 0.2) is 57.9 Å². The van der Waals surface area contributed by atoms with Crippen LogP contribution >= 0.6 is 0 Å². The SMILES string of the molecule is C/C=C\C=C(/C)c1cnc(Nc2ccc([S-](=O)=NC(=O)OCC)cc2)nc1NCC[C@H](N)C(=O)O. The molecule has 0 aliphatic rings. The molecule has 1 amide bonds. The van der Waals surface area contributed by atoms with Crippen LogP contribution in [0.5, 0.6) is 0 Å². The van der Waals surface area contributed by atoms with E-state index in [1.165, 1.54) is 0 Å². The summed E-state index contributed by atoms with van der Waals surface area (Å²) in [4.78, 5) is 31.6. The fraction of sp³-hybridized carbons (Fsp3) is 0.304. The summed E-state index contributed by atoms with van der Waals surface area (Å²) in [6.45, 7) is 5.91. The largest absolute Gasteiger partial charge is 0.480 e. The van der Waals surface area contributed by atoms with E-state index < -0.39 is 28.7 Å². The molecule has 0 radical (unpaired) electrons. The van der Waals surface area contributed by atoms with E-state index in [0.717, 1.165) is 11.1 Å². The number of benzene rings is 1. The normalized spacial score (nSPS) is 13.4. The number of hydrogen-bond donors (Lipinski definition) is 4. The lowest BCUT2D eigenvalue weighted by Crippen LogP contribution is -2.32. The molecule has 11 nitrogen and oxygen atoms in total. The third-order valence-electron chi connectivity index (χ3n) is 4.55. The van der Waals surface area contributed by atoms with Gasteiger partial charge in [-0.2, -0.15) is 4.98 Å². The Hall–Kier alpha value is -3.77. The molecule has 188 valence electrons. The summed E-state index contributed by atoms with van der Waals surface area (Å²) < 4.78 is 20.3. The van der Waals surface area contributed by atoms with Crippen molar-refractivity contribution in [1.29, 1.82) is 0 Å². The monoisotopic (exact) mass is 501 g/mol. The van der Waals surface area contributed by atoms with Gasteiger partial charge < -0.3 is 30.4 Å². The number of carboxylic acids is 1. The second-order valence-electron chi connectivity index (χ2n) is 7.18.